The Hall–Kier alpha value is -2.16. The van der Waals surface area contributed by atoms with Crippen molar-refractivity contribution in [2.24, 2.45) is 0 Å². The number of nitrogens with one attached hydrogen (secondary N) is 1. The SMILES string of the molecule is Oc1ccc(N2C=CC3=C(CC=C3)N2)cc1. The van der Waals surface area contributed by atoms with Crippen LogP contribution in [0.1, 0.15) is 6.42 Å². The van der Waals surface area contributed by atoms with Crippen LogP contribution in [0.3, 0.4) is 0 Å². The fourth-order valence-electron chi connectivity index (χ4n) is 1.89. The molecule has 3 rings (SSSR count). The molecule has 0 spiro atoms. The van der Waals surface area contributed by atoms with Gasteiger partial charge in [-0.2, -0.15) is 0 Å². The number of hydrogen-bond acceptors (Lipinski definition) is 3. The summed E-state index contributed by atoms with van der Waals surface area (Å²) in [5.74, 6) is 0.284. The summed E-state index contributed by atoms with van der Waals surface area (Å²) in [6.07, 6.45) is 9.28. The number of phenolic OH excluding ortho intramolecular Hbond substituents is 1. The Labute approximate surface area is 94.0 Å². The molecule has 0 unspecified atom stereocenters. The van der Waals surface area contributed by atoms with E-state index in [1.165, 1.54) is 11.3 Å². The third kappa shape index (κ3) is 1.46. The minimum atomic E-state index is 0.284. The second-order valence-electron chi connectivity index (χ2n) is 3.85. The van der Waals surface area contributed by atoms with Gasteiger partial charge in [0.25, 0.3) is 0 Å². The Bertz CT molecular complexity index is 497. The van der Waals surface area contributed by atoms with Crippen molar-refractivity contribution in [1.82, 2.24) is 5.43 Å². The number of rotatable bonds is 1. The lowest BCUT2D eigenvalue weighted by Crippen LogP contribution is -2.34. The summed E-state index contributed by atoms with van der Waals surface area (Å²) in [6, 6.07) is 7.12. The first-order valence-electron chi connectivity index (χ1n) is 5.26. The minimum Gasteiger partial charge on any atom is -0.508 e. The van der Waals surface area contributed by atoms with E-state index in [9.17, 15) is 5.11 Å². The van der Waals surface area contributed by atoms with Crippen LogP contribution in [-0.2, 0) is 0 Å². The number of benzene rings is 1. The lowest BCUT2D eigenvalue weighted by molar-refractivity contribution is 0.475. The lowest BCUT2D eigenvalue weighted by atomic mass is 10.2. The van der Waals surface area contributed by atoms with Crippen LogP contribution in [-0.4, -0.2) is 5.11 Å². The summed E-state index contributed by atoms with van der Waals surface area (Å²) in [6.45, 7) is 0. The van der Waals surface area contributed by atoms with Gasteiger partial charge in [-0.05, 0) is 35.9 Å². The zero-order valence-electron chi connectivity index (χ0n) is 8.72. The molecule has 2 aliphatic rings. The predicted octanol–water partition coefficient (Wildman–Crippen LogP) is 2.44. The quantitative estimate of drug-likeness (QED) is 0.750. The molecule has 1 aliphatic carbocycles. The highest BCUT2D eigenvalue weighted by Gasteiger charge is 2.14. The van der Waals surface area contributed by atoms with Crippen molar-refractivity contribution in [3.8, 4) is 5.75 Å². The lowest BCUT2D eigenvalue weighted by Gasteiger charge is -2.27. The van der Waals surface area contributed by atoms with Crippen LogP contribution in [0.25, 0.3) is 0 Å². The molecule has 0 radical (unpaired) electrons. The average molecular weight is 212 g/mol. The molecular weight excluding hydrogens is 200 g/mol. The van der Waals surface area contributed by atoms with E-state index >= 15 is 0 Å². The first-order chi connectivity index (χ1) is 7.83. The maximum Gasteiger partial charge on any atom is 0.115 e. The number of hydrazine groups is 1. The van der Waals surface area contributed by atoms with Gasteiger partial charge in [-0.3, -0.25) is 10.4 Å². The average Bonchev–Trinajstić information content (AvgIpc) is 2.77. The molecule has 0 fully saturated rings. The van der Waals surface area contributed by atoms with Crippen molar-refractivity contribution in [2.75, 3.05) is 5.01 Å². The molecule has 0 atom stereocenters. The Kier molecular flexibility index (Phi) is 1.96. The summed E-state index contributed by atoms with van der Waals surface area (Å²) in [4.78, 5) is 0. The molecule has 80 valence electrons. The van der Waals surface area contributed by atoms with Crippen LogP contribution in [0, 0.1) is 0 Å². The summed E-state index contributed by atoms with van der Waals surface area (Å²) in [7, 11) is 0. The van der Waals surface area contributed by atoms with Gasteiger partial charge < -0.3 is 5.11 Å². The first-order valence-corrected chi connectivity index (χ1v) is 5.26. The summed E-state index contributed by atoms with van der Waals surface area (Å²) >= 11 is 0. The number of aromatic hydroxyl groups is 1. The van der Waals surface area contributed by atoms with E-state index < -0.39 is 0 Å². The Balaban J connectivity index is 1.84. The zero-order valence-corrected chi connectivity index (χ0v) is 8.72. The maximum absolute atomic E-state index is 9.23. The van der Waals surface area contributed by atoms with Crippen molar-refractivity contribution < 1.29 is 5.11 Å². The first kappa shape index (κ1) is 9.09. The van der Waals surface area contributed by atoms with Gasteiger partial charge in [0.15, 0.2) is 0 Å². The number of anilines is 1. The topological polar surface area (TPSA) is 35.5 Å². The molecule has 0 amide bonds. The Morgan fingerprint density at radius 1 is 1.12 bits per heavy atom. The van der Waals surface area contributed by atoms with Crippen LogP contribution in [0.2, 0.25) is 0 Å². The van der Waals surface area contributed by atoms with Gasteiger partial charge in [-0.25, -0.2) is 0 Å². The molecule has 16 heavy (non-hydrogen) atoms. The van der Waals surface area contributed by atoms with E-state index in [2.05, 4.69) is 23.7 Å². The zero-order chi connectivity index (χ0) is 11.0. The molecule has 1 aromatic carbocycles. The predicted molar refractivity (Wildman–Crippen MR) is 63.6 cm³/mol. The summed E-state index contributed by atoms with van der Waals surface area (Å²) < 4.78 is 0. The van der Waals surface area contributed by atoms with Gasteiger partial charge in [0.05, 0.1) is 5.69 Å². The fraction of sp³-hybridized carbons (Fsp3) is 0.0769. The van der Waals surface area contributed by atoms with Crippen LogP contribution in [0.15, 0.2) is 60.0 Å². The van der Waals surface area contributed by atoms with Crippen LogP contribution < -0.4 is 10.4 Å². The van der Waals surface area contributed by atoms with Crippen LogP contribution in [0.5, 0.6) is 5.75 Å². The molecule has 3 nitrogen and oxygen atoms in total. The van der Waals surface area contributed by atoms with E-state index in [4.69, 9.17) is 0 Å². The van der Waals surface area contributed by atoms with E-state index in [1.807, 2.05) is 23.3 Å². The third-order valence-corrected chi connectivity index (χ3v) is 2.75. The molecule has 0 saturated carbocycles. The number of hydrogen-bond donors (Lipinski definition) is 2. The highest BCUT2D eigenvalue weighted by atomic mass is 16.3. The molecule has 1 heterocycles. The highest BCUT2D eigenvalue weighted by Crippen LogP contribution is 2.25. The third-order valence-electron chi connectivity index (χ3n) is 2.75. The van der Waals surface area contributed by atoms with E-state index in [0.29, 0.717) is 0 Å². The standard InChI is InChI=1S/C13H12N2O/c16-12-6-4-11(5-7-12)15-9-8-10-2-1-3-13(10)14-15/h1-2,4-9,14,16H,3H2. The van der Waals surface area contributed by atoms with Crippen molar-refractivity contribution in [1.29, 1.82) is 0 Å². The molecule has 0 aromatic heterocycles. The van der Waals surface area contributed by atoms with Crippen molar-refractivity contribution in [3.63, 3.8) is 0 Å². The maximum atomic E-state index is 9.23. The van der Waals surface area contributed by atoms with E-state index in [1.54, 1.807) is 12.1 Å². The minimum absolute atomic E-state index is 0.284. The molecule has 1 aromatic rings. The van der Waals surface area contributed by atoms with Gasteiger partial charge in [0.1, 0.15) is 5.75 Å². The van der Waals surface area contributed by atoms with Gasteiger partial charge in [-0.15, -0.1) is 0 Å². The van der Waals surface area contributed by atoms with Crippen LogP contribution >= 0.6 is 0 Å². The molecule has 1 aliphatic heterocycles. The van der Waals surface area contributed by atoms with Gasteiger partial charge in [-0.1, -0.05) is 12.2 Å². The highest BCUT2D eigenvalue weighted by molar-refractivity contribution is 5.55. The molecular formula is C13H12N2O. The molecule has 0 bridgehead atoms. The molecule has 0 saturated heterocycles. The largest absolute Gasteiger partial charge is 0.508 e. The second-order valence-corrected chi connectivity index (χ2v) is 3.85. The smallest absolute Gasteiger partial charge is 0.115 e. The van der Waals surface area contributed by atoms with Crippen molar-refractivity contribution >= 4 is 5.69 Å². The second kappa shape index (κ2) is 3.45. The number of nitrogens with zero attached hydrogens (tertiary/aromatic N) is 1. The number of phenols is 1. The molecule has 3 heteroatoms. The van der Waals surface area contributed by atoms with Gasteiger partial charge in [0, 0.05) is 18.3 Å². The fourth-order valence-corrected chi connectivity index (χ4v) is 1.89. The van der Waals surface area contributed by atoms with Crippen molar-refractivity contribution in [3.05, 3.63) is 60.0 Å². The Morgan fingerprint density at radius 2 is 1.94 bits per heavy atom. The van der Waals surface area contributed by atoms with E-state index in [0.717, 1.165) is 12.1 Å². The van der Waals surface area contributed by atoms with E-state index in [-0.39, 0.29) is 5.75 Å². The number of allylic oxidation sites excluding steroid dienone is 4. The monoisotopic (exact) mass is 212 g/mol. The Morgan fingerprint density at radius 3 is 2.75 bits per heavy atom. The van der Waals surface area contributed by atoms with Crippen molar-refractivity contribution in [2.45, 2.75) is 6.42 Å². The van der Waals surface area contributed by atoms with Gasteiger partial charge in [0.2, 0.25) is 0 Å². The van der Waals surface area contributed by atoms with Gasteiger partial charge >= 0.3 is 0 Å². The summed E-state index contributed by atoms with van der Waals surface area (Å²) in [5, 5.41) is 11.2. The summed E-state index contributed by atoms with van der Waals surface area (Å²) in [5.41, 5.74) is 6.80. The van der Waals surface area contributed by atoms with Crippen LogP contribution in [0.4, 0.5) is 5.69 Å². The normalized spacial score (nSPS) is 17.6. The molecule has 2 N–H and O–H groups in total.